The number of ether oxygens (including phenoxy) is 2. The number of hydrogen-bond acceptors (Lipinski definition) is 5. The zero-order chi connectivity index (χ0) is 17.8. The summed E-state index contributed by atoms with van der Waals surface area (Å²) in [6, 6.07) is 12.5. The molecule has 0 unspecified atom stereocenters. The van der Waals surface area contributed by atoms with Crippen LogP contribution in [0.2, 0.25) is 0 Å². The molecule has 0 aliphatic carbocycles. The highest BCUT2D eigenvalue weighted by Crippen LogP contribution is 2.23. The van der Waals surface area contributed by atoms with E-state index in [1.54, 1.807) is 30.5 Å². The number of ketones is 1. The number of esters is 1. The molecule has 0 saturated carbocycles. The maximum Gasteiger partial charge on any atom is 0.310 e. The summed E-state index contributed by atoms with van der Waals surface area (Å²) in [6.45, 7) is 1.67. The van der Waals surface area contributed by atoms with E-state index in [0.717, 1.165) is 22.1 Å². The molecule has 0 spiro atoms. The Kier molecular flexibility index (Phi) is 4.84. The van der Waals surface area contributed by atoms with Crippen molar-refractivity contribution in [3.63, 3.8) is 0 Å². The second-order valence-corrected chi connectivity index (χ2v) is 5.75. The van der Waals surface area contributed by atoms with Gasteiger partial charge in [-0.15, -0.1) is 0 Å². The topological polar surface area (TPSA) is 65.7 Å². The molecule has 25 heavy (non-hydrogen) atoms. The fraction of sp³-hybridized carbons (Fsp3) is 0.200. The predicted octanol–water partition coefficient (Wildman–Crippen LogP) is 3.72. The van der Waals surface area contributed by atoms with Crippen molar-refractivity contribution < 1.29 is 23.5 Å². The van der Waals surface area contributed by atoms with E-state index < -0.39 is 5.97 Å². The van der Waals surface area contributed by atoms with Crippen molar-refractivity contribution in [2.75, 3.05) is 13.7 Å². The summed E-state index contributed by atoms with van der Waals surface area (Å²) in [5, 5.41) is 0.877. The van der Waals surface area contributed by atoms with Crippen LogP contribution in [0.1, 0.15) is 21.5 Å². The number of rotatable bonds is 6. The molecule has 3 rings (SSSR count). The average molecular weight is 338 g/mol. The lowest BCUT2D eigenvalue weighted by Gasteiger charge is -2.05. The van der Waals surface area contributed by atoms with Crippen LogP contribution in [0, 0.1) is 6.92 Å². The third kappa shape index (κ3) is 3.88. The summed E-state index contributed by atoms with van der Waals surface area (Å²) in [5.74, 6) is -0.170. The first kappa shape index (κ1) is 16.8. The van der Waals surface area contributed by atoms with Crippen LogP contribution >= 0.6 is 0 Å². The average Bonchev–Trinajstić information content (AvgIpc) is 3.01. The molecule has 0 aliphatic rings. The SMILES string of the molecule is COc1cccc(C(=O)COC(=O)Cc2coc3cc(C)ccc23)c1. The van der Waals surface area contributed by atoms with Crippen molar-refractivity contribution in [3.05, 3.63) is 65.4 Å². The number of furan rings is 1. The minimum atomic E-state index is -0.473. The van der Waals surface area contributed by atoms with Gasteiger partial charge in [0, 0.05) is 16.5 Å². The van der Waals surface area contributed by atoms with E-state index in [1.807, 2.05) is 25.1 Å². The largest absolute Gasteiger partial charge is 0.497 e. The minimum Gasteiger partial charge on any atom is -0.497 e. The number of carbonyl (C=O) groups is 2. The number of benzene rings is 2. The van der Waals surface area contributed by atoms with Crippen LogP contribution in [-0.2, 0) is 16.0 Å². The van der Waals surface area contributed by atoms with E-state index in [2.05, 4.69) is 0 Å². The maximum absolute atomic E-state index is 12.1. The lowest BCUT2D eigenvalue weighted by molar-refractivity contribution is -0.141. The van der Waals surface area contributed by atoms with Crippen molar-refractivity contribution in [2.45, 2.75) is 13.3 Å². The first-order valence-corrected chi connectivity index (χ1v) is 7.86. The lowest BCUT2D eigenvalue weighted by Crippen LogP contribution is -2.15. The zero-order valence-electron chi connectivity index (χ0n) is 14.1. The Bertz CT molecular complexity index is 923. The van der Waals surface area contributed by atoms with E-state index in [0.29, 0.717) is 11.3 Å². The van der Waals surface area contributed by atoms with E-state index in [1.165, 1.54) is 7.11 Å². The molecule has 1 heterocycles. The molecule has 0 aliphatic heterocycles. The van der Waals surface area contributed by atoms with Crippen molar-refractivity contribution in [1.82, 2.24) is 0 Å². The molecule has 3 aromatic rings. The van der Waals surface area contributed by atoms with Crippen molar-refractivity contribution in [3.8, 4) is 5.75 Å². The smallest absolute Gasteiger partial charge is 0.310 e. The fourth-order valence-electron chi connectivity index (χ4n) is 2.56. The van der Waals surface area contributed by atoms with E-state index in [9.17, 15) is 9.59 Å². The quantitative estimate of drug-likeness (QED) is 0.506. The number of fused-ring (bicyclic) bond motifs is 1. The van der Waals surface area contributed by atoms with Crippen molar-refractivity contribution in [2.24, 2.45) is 0 Å². The summed E-state index contributed by atoms with van der Waals surface area (Å²) >= 11 is 0. The van der Waals surface area contributed by atoms with Gasteiger partial charge in [0.2, 0.25) is 0 Å². The Morgan fingerprint density at radius 2 is 1.96 bits per heavy atom. The molecule has 2 aromatic carbocycles. The number of hydrogen-bond donors (Lipinski definition) is 0. The summed E-state index contributed by atoms with van der Waals surface area (Å²) < 4.78 is 15.6. The molecular weight excluding hydrogens is 320 g/mol. The molecule has 0 atom stereocenters. The molecule has 1 aromatic heterocycles. The summed E-state index contributed by atoms with van der Waals surface area (Å²) in [6.07, 6.45) is 1.61. The first-order chi connectivity index (χ1) is 12.1. The van der Waals surface area contributed by atoms with Crippen LogP contribution in [0.25, 0.3) is 11.0 Å². The number of aryl methyl sites for hydroxylation is 1. The van der Waals surface area contributed by atoms with Crippen molar-refractivity contribution in [1.29, 1.82) is 0 Å². The van der Waals surface area contributed by atoms with Gasteiger partial charge in [-0.2, -0.15) is 0 Å². The summed E-state index contributed by atoms with van der Waals surface area (Å²) in [4.78, 5) is 24.2. The molecular formula is C20H18O5. The van der Waals surface area contributed by atoms with Crippen LogP contribution in [-0.4, -0.2) is 25.5 Å². The Morgan fingerprint density at radius 1 is 1.12 bits per heavy atom. The Hall–Kier alpha value is -3.08. The molecule has 128 valence electrons. The van der Waals surface area contributed by atoms with Gasteiger partial charge in [-0.1, -0.05) is 24.3 Å². The van der Waals surface area contributed by atoms with Gasteiger partial charge in [0.25, 0.3) is 0 Å². The van der Waals surface area contributed by atoms with Crippen LogP contribution in [0.3, 0.4) is 0 Å². The molecule has 0 fully saturated rings. The number of methoxy groups -OCH3 is 1. The highest BCUT2D eigenvalue weighted by atomic mass is 16.5. The van der Waals surface area contributed by atoms with E-state index >= 15 is 0 Å². The Morgan fingerprint density at radius 3 is 2.76 bits per heavy atom. The minimum absolute atomic E-state index is 0.0570. The Balaban J connectivity index is 1.61. The molecule has 5 heteroatoms. The van der Waals surface area contributed by atoms with Gasteiger partial charge in [-0.3, -0.25) is 9.59 Å². The monoisotopic (exact) mass is 338 g/mol. The normalized spacial score (nSPS) is 10.6. The molecule has 5 nitrogen and oxygen atoms in total. The van der Waals surface area contributed by atoms with Gasteiger partial charge in [0.1, 0.15) is 11.3 Å². The molecule has 0 amide bonds. The second kappa shape index (κ2) is 7.21. The molecule has 0 bridgehead atoms. The van der Waals surface area contributed by atoms with Crippen LogP contribution in [0.4, 0.5) is 0 Å². The third-order valence-electron chi connectivity index (χ3n) is 3.90. The van der Waals surface area contributed by atoms with Gasteiger partial charge in [-0.05, 0) is 30.7 Å². The van der Waals surface area contributed by atoms with Gasteiger partial charge >= 0.3 is 5.97 Å². The lowest BCUT2D eigenvalue weighted by atomic mass is 10.1. The van der Waals surface area contributed by atoms with Crippen LogP contribution in [0.15, 0.2) is 53.1 Å². The summed E-state index contributed by atoms with van der Waals surface area (Å²) in [5.41, 5.74) is 3.00. The standard InChI is InChI=1S/C20H18O5/c1-13-6-7-17-15(11-24-19(17)8-13)10-20(22)25-12-18(21)14-4-3-5-16(9-14)23-2/h3-9,11H,10,12H2,1-2H3. The zero-order valence-corrected chi connectivity index (χ0v) is 14.1. The van der Waals surface area contributed by atoms with E-state index in [4.69, 9.17) is 13.9 Å². The van der Waals surface area contributed by atoms with Crippen LogP contribution < -0.4 is 4.74 Å². The van der Waals surface area contributed by atoms with Gasteiger partial charge in [-0.25, -0.2) is 0 Å². The van der Waals surface area contributed by atoms with Crippen molar-refractivity contribution >= 4 is 22.7 Å². The highest BCUT2D eigenvalue weighted by Gasteiger charge is 2.14. The predicted molar refractivity (Wildman–Crippen MR) is 92.9 cm³/mol. The fourth-order valence-corrected chi connectivity index (χ4v) is 2.56. The maximum atomic E-state index is 12.1. The number of carbonyl (C=O) groups excluding carboxylic acids is 2. The molecule has 0 N–H and O–H groups in total. The van der Waals surface area contributed by atoms with Gasteiger partial charge in [0.05, 0.1) is 19.8 Å². The van der Waals surface area contributed by atoms with Gasteiger partial charge < -0.3 is 13.9 Å². The van der Waals surface area contributed by atoms with E-state index in [-0.39, 0.29) is 18.8 Å². The second-order valence-electron chi connectivity index (χ2n) is 5.75. The summed E-state index contributed by atoms with van der Waals surface area (Å²) in [7, 11) is 1.53. The van der Waals surface area contributed by atoms with Gasteiger partial charge in [0.15, 0.2) is 12.4 Å². The number of Topliss-reactive ketones (excluding diaryl/α,β-unsaturated/α-hetero) is 1. The molecule has 0 saturated heterocycles. The Labute approximate surface area is 145 Å². The highest BCUT2D eigenvalue weighted by molar-refractivity contribution is 5.98. The molecule has 0 radical (unpaired) electrons. The van der Waals surface area contributed by atoms with Crippen LogP contribution in [0.5, 0.6) is 5.75 Å². The third-order valence-corrected chi connectivity index (χ3v) is 3.90. The first-order valence-electron chi connectivity index (χ1n) is 7.86.